The summed E-state index contributed by atoms with van der Waals surface area (Å²) in [5.41, 5.74) is 2.72. The van der Waals surface area contributed by atoms with E-state index in [9.17, 15) is 0 Å². The normalized spacial score (nSPS) is 21.1. The van der Waals surface area contributed by atoms with Gasteiger partial charge in [-0.1, -0.05) is 36.0 Å². The van der Waals surface area contributed by atoms with Crippen LogP contribution in [0.2, 0.25) is 0 Å². The van der Waals surface area contributed by atoms with Gasteiger partial charge in [0.05, 0.1) is 11.4 Å². The van der Waals surface area contributed by atoms with E-state index in [1.54, 1.807) is 0 Å². The van der Waals surface area contributed by atoms with Crippen LogP contribution in [0.4, 0.5) is 11.4 Å². The van der Waals surface area contributed by atoms with Gasteiger partial charge in [-0.3, -0.25) is 0 Å². The molecule has 1 saturated heterocycles. The molecular formula is C16H16N2S. The molecule has 2 heterocycles. The maximum absolute atomic E-state index is 3.48. The number of hydrogen-bond acceptors (Lipinski definition) is 3. The molecule has 19 heavy (non-hydrogen) atoms. The fourth-order valence-electron chi connectivity index (χ4n) is 2.99. The summed E-state index contributed by atoms with van der Waals surface area (Å²) in [6.07, 6.45) is 1.22. The van der Waals surface area contributed by atoms with Gasteiger partial charge >= 0.3 is 0 Å². The van der Waals surface area contributed by atoms with Crippen LogP contribution in [0.25, 0.3) is 0 Å². The van der Waals surface area contributed by atoms with E-state index in [0.717, 1.165) is 13.1 Å². The molecule has 0 saturated carbocycles. The van der Waals surface area contributed by atoms with Crippen LogP contribution in [-0.4, -0.2) is 19.1 Å². The van der Waals surface area contributed by atoms with Crippen molar-refractivity contribution in [1.29, 1.82) is 0 Å². The predicted molar refractivity (Wildman–Crippen MR) is 80.4 cm³/mol. The highest BCUT2D eigenvalue weighted by molar-refractivity contribution is 7.99. The quantitative estimate of drug-likeness (QED) is 0.850. The molecule has 1 atom stereocenters. The number of rotatable bonds is 1. The highest BCUT2D eigenvalue weighted by Crippen LogP contribution is 2.49. The first kappa shape index (κ1) is 11.4. The van der Waals surface area contributed by atoms with Crippen LogP contribution < -0.4 is 10.2 Å². The third-order valence-electron chi connectivity index (χ3n) is 3.87. The van der Waals surface area contributed by atoms with Gasteiger partial charge in [-0.2, -0.15) is 0 Å². The van der Waals surface area contributed by atoms with Crippen LogP contribution >= 0.6 is 11.8 Å². The summed E-state index contributed by atoms with van der Waals surface area (Å²) in [6.45, 7) is 2.20. The Balaban J connectivity index is 1.87. The molecule has 2 nitrogen and oxygen atoms in total. The molecule has 0 spiro atoms. The van der Waals surface area contributed by atoms with Crippen molar-refractivity contribution in [1.82, 2.24) is 5.32 Å². The number of hydrogen-bond donors (Lipinski definition) is 1. The van der Waals surface area contributed by atoms with E-state index >= 15 is 0 Å². The standard InChI is InChI=1S/C16H16N2S/c1-3-7-15-13(5-1)18(12-9-10-17-11-12)14-6-2-4-8-16(14)19-15/h1-8,12,17H,9-11H2. The van der Waals surface area contributed by atoms with Gasteiger partial charge in [0.25, 0.3) is 0 Å². The van der Waals surface area contributed by atoms with Crippen LogP contribution in [0, 0.1) is 0 Å². The van der Waals surface area contributed by atoms with Crippen molar-refractivity contribution in [2.45, 2.75) is 22.3 Å². The number of nitrogens with zero attached hydrogens (tertiary/aromatic N) is 1. The molecule has 0 bridgehead atoms. The molecule has 4 rings (SSSR count). The molecule has 2 aromatic carbocycles. The zero-order chi connectivity index (χ0) is 12.7. The summed E-state index contributed by atoms with van der Waals surface area (Å²) in [4.78, 5) is 5.27. The lowest BCUT2D eigenvalue weighted by molar-refractivity contribution is 0.701. The van der Waals surface area contributed by atoms with Gasteiger partial charge < -0.3 is 10.2 Å². The zero-order valence-electron chi connectivity index (χ0n) is 10.7. The first-order valence-electron chi connectivity index (χ1n) is 6.79. The third kappa shape index (κ3) is 1.85. The summed E-state index contributed by atoms with van der Waals surface area (Å²) in [7, 11) is 0. The molecule has 0 amide bonds. The second-order valence-corrected chi connectivity index (χ2v) is 6.14. The molecule has 96 valence electrons. The first-order valence-corrected chi connectivity index (χ1v) is 7.61. The van der Waals surface area contributed by atoms with Crippen molar-refractivity contribution in [2.75, 3.05) is 18.0 Å². The Kier molecular flexibility index (Phi) is 2.75. The fraction of sp³-hybridized carbons (Fsp3) is 0.250. The lowest BCUT2D eigenvalue weighted by Crippen LogP contribution is -2.34. The van der Waals surface area contributed by atoms with Crippen LogP contribution in [0.3, 0.4) is 0 Å². The van der Waals surface area contributed by atoms with Gasteiger partial charge in [-0.15, -0.1) is 0 Å². The second-order valence-electron chi connectivity index (χ2n) is 5.05. The van der Waals surface area contributed by atoms with Crippen molar-refractivity contribution in [3.8, 4) is 0 Å². The van der Waals surface area contributed by atoms with E-state index in [0.29, 0.717) is 6.04 Å². The Morgan fingerprint density at radius 1 is 0.947 bits per heavy atom. The Bertz CT molecular complexity index is 560. The Labute approximate surface area is 117 Å². The van der Waals surface area contributed by atoms with Gasteiger partial charge in [0, 0.05) is 22.4 Å². The van der Waals surface area contributed by atoms with Gasteiger partial charge in [0.15, 0.2) is 0 Å². The summed E-state index contributed by atoms with van der Waals surface area (Å²) < 4.78 is 0. The summed E-state index contributed by atoms with van der Waals surface area (Å²) in [6, 6.07) is 18.1. The molecule has 2 aliphatic rings. The topological polar surface area (TPSA) is 15.3 Å². The van der Waals surface area contributed by atoms with Crippen LogP contribution in [-0.2, 0) is 0 Å². The van der Waals surface area contributed by atoms with E-state index in [-0.39, 0.29) is 0 Å². The summed E-state index contributed by atoms with van der Waals surface area (Å²) in [5, 5.41) is 3.48. The lowest BCUT2D eigenvalue weighted by Gasteiger charge is -2.36. The van der Waals surface area contributed by atoms with Gasteiger partial charge in [0.1, 0.15) is 0 Å². The van der Waals surface area contributed by atoms with E-state index in [2.05, 4.69) is 58.7 Å². The van der Waals surface area contributed by atoms with Crippen molar-refractivity contribution in [2.24, 2.45) is 0 Å². The van der Waals surface area contributed by atoms with Crippen molar-refractivity contribution in [3.63, 3.8) is 0 Å². The van der Waals surface area contributed by atoms with Crippen molar-refractivity contribution in [3.05, 3.63) is 48.5 Å². The number of nitrogens with one attached hydrogen (secondary N) is 1. The molecule has 1 N–H and O–H groups in total. The molecule has 2 aromatic rings. The van der Waals surface area contributed by atoms with E-state index in [4.69, 9.17) is 0 Å². The van der Waals surface area contributed by atoms with E-state index < -0.39 is 0 Å². The minimum absolute atomic E-state index is 0.572. The number of anilines is 2. The summed E-state index contributed by atoms with van der Waals surface area (Å²) in [5.74, 6) is 0. The third-order valence-corrected chi connectivity index (χ3v) is 5.00. The maximum atomic E-state index is 3.48. The molecule has 1 fully saturated rings. The van der Waals surface area contributed by atoms with Gasteiger partial charge in [-0.25, -0.2) is 0 Å². The number of para-hydroxylation sites is 2. The number of fused-ring (bicyclic) bond motifs is 2. The SMILES string of the molecule is c1ccc2c(c1)Sc1ccccc1N2C1CCNC1. The van der Waals surface area contributed by atoms with E-state index in [1.165, 1.54) is 27.6 Å². The molecule has 0 aliphatic carbocycles. The summed E-state index contributed by atoms with van der Waals surface area (Å²) >= 11 is 1.88. The first-order chi connectivity index (χ1) is 9.43. The minimum Gasteiger partial charge on any atom is -0.335 e. The van der Waals surface area contributed by atoms with Gasteiger partial charge in [-0.05, 0) is 37.2 Å². The average Bonchev–Trinajstić information content (AvgIpc) is 2.98. The predicted octanol–water partition coefficient (Wildman–Crippen LogP) is 3.65. The largest absolute Gasteiger partial charge is 0.335 e. The highest BCUT2D eigenvalue weighted by atomic mass is 32.2. The lowest BCUT2D eigenvalue weighted by atomic mass is 10.1. The zero-order valence-corrected chi connectivity index (χ0v) is 11.5. The Morgan fingerprint density at radius 3 is 2.16 bits per heavy atom. The smallest absolute Gasteiger partial charge is 0.0555 e. The Hall–Kier alpha value is -1.45. The highest BCUT2D eigenvalue weighted by Gasteiger charge is 2.30. The van der Waals surface area contributed by atoms with Gasteiger partial charge in [0.2, 0.25) is 0 Å². The van der Waals surface area contributed by atoms with Crippen molar-refractivity contribution >= 4 is 23.1 Å². The molecule has 0 aromatic heterocycles. The van der Waals surface area contributed by atoms with E-state index in [1.807, 2.05) is 11.8 Å². The molecular weight excluding hydrogens is 252 g/mol. The minimum atomic E-state index is 0.572. The molecule has 2 aliphatic heterocycles. The average molecular weight is 268 g/mol. The fourth-order valence-corrected chi connectivity index (χ4v) is 4.06. The maximum Gasteiger partial charge on any atom is 0.0555 e. The monoisotopic (exact) mass is 268 g/mol. The number of benzene rings is 2. The van der Waals surface area contributed by atoms with Crippen molar-refractivity contribution < 1.29 is 0 Å². The van der Waals surface area contributed by atoms with Crippen LogP contribution in [0.15, 0.2) is 58.3 Å². The van der Waals surface area contributed by atoms with Crippen LogP contribution in [0.5, 0.6) is 0 Å². The van der Waals surface area contributed by atoms with Crippen LogP contribution in [0.1, 0.15) is 6.42 Å². The molecule has 0 radical (unpaired) electrons. The molecule has 3 heteroatoms. The second kappa shape index (κ2) is 4.58. The molecule has 1 unspecified atom stereocenters. The Morgan fingerprint density at radius 2 is 1.58 bits per heavy atom.